The van der Waals surface area contributed by atoms with E-state index in [1.54, 1.807) is 29.7 Å². The Balaban J connectivity index is 0.000000337. The van der Waals surface area contributed by atoms with E-state index in [9.17, 15) is 14.3 Å². The fourth-order valence-corrected chi connectivity index (χ4v) is 7.67. The molecule has 2 aliphatic rings. The minimum atomic E-state index is -0.771. The quantitative estimate of drug-likeness (QED) is 0.181. The predicted octanol–water partition coefficient (Wildman–Crippen LogP) is 7.00. The average molecular weight is 624 g/mol. The number of benzene rings is 1. The molecule has 3 N–H and O–H groups in total. The fraction of sp³-hybridized carbons (Fsp3) is 0.333. The van der Waals surface area contributed by atoms with Gasteiger partial charge in [-0.1, -0.05) is 32.0 Å². The monoisotopic (exact) mass is 623 g/mol. The second kappa shape index (κ2) is 12.7. The number of fused-ring (bicyclic) bond motifs is 3. The molecule has 4 aromatic heterocycles. The number of halogens is 1. The lowest BCUT2D eigenvalue weighted by Gasteiger charge is -2.26. The summed E-state index contributed by atoms with van der Waals surface area (Å²) in [5.41, 5.74) is 6.30. The summed E-state index contributed by atoms with van der Waals surface area (Å²) in [4.78, 5) is 28.1. The molecule has 5 aromatic rings. The number of nitrogens with zero attached hydrogens (tertiary/aromatic N) is 3. The largest absolute Gasteiger partial charge is 0.392 e. The molecule has 232 valence electrons. The van der Waals surface area contributed by atoms with Gasteiger partial charge < -0.3 is 15.7 Å². The molecular weight excluding hydrogens is 585 g/mol. The van der Waals surface area contributed by atoms with E-state index in [2.05, 4.69) is 46.6 Å². The van der Waals surface area contributed by atoms with E-state index in [-0.39, 0.29) is 18.3 Å². The Morgan fingerprint density at radius 3 is 2.60 bits per heavy atom. The number of amides is 1. The molecule has 0 bridgehead atoms. The molecule has 5 heterocycles. The zero-order valence-corrected chi connectivity index (χ0v) is 26.9. The van der Waals surface area contributed by atoms with Crippen LogP contribution in [0.3, 0.4) is 0 Å². The van der Waals surface area contributed by atoms with Gasteiger partial charge in [0.25, 0.3) is 5.91 Å². The number of pyridine rings is 3. The summed E-state index contributed by atoms with van der Waals surface area (Å²) < 4.78 is 14.5. The minimum absolute atomic E-state index is 0.215. The maximum absolute atomic E-state index is 13.5. The Bertz CT molecular complexity index is 1850. The van der Waals surface area contributed by atoms with Crippen LogP contribution in [0.1, 0.15) is 71.3 Å². The van der Waals surface area contributed by atoms with Gasteiger partial charge in [0.15, 0.2) is 0 Å². The number of hydrogen-bond donors (Lipinski definition) is 3. The first-order chi connectivity index (χ1) is 21.7. The molecule has 1 amide bonds. The number of thiophene rings is 1. The second-order valence-electron chi connectivity index (χ2n) is 12.4. The third-order valence-corrected chi connectivity index (χ3v) is 9.69. The van der Waals surface area contributed by atoms with E-state index < -0.39 is 5.54 Å². The number of nitrogens with one attached hydrogen (secondary N) is 2. The summed E-state index contributed by atoms with van der Waals surface area (Å²) in [7, 11) is 1.83. The van der Waals surface area contributed by atoms with E-state index >= 15 is 0 Å². The van der Waals surface area contributed by atoms with Crippen molar-refractivity contribution in [3.05, 3.63) is 106 Å². The summed E-state index contributed by atoms with van der Waals surface area (Å²) in [5, 5.41) is 17.8. The lowest BCUT2D eigenvalue weighted by atomic mass is 9.86. The first-order valence-electron chi connectivity index (χ1n) is 15.4. The van der Waals surface area contributed by atoms with Gasteiger partial charge in [-0.2, -0.15) is 0 Å². The molecule has 7 rings (SSSR count). The molecule has 7 nitrogen and oxygen atoms in total. The molecule has 0 fully saturated rings. The van der Waals surface area contributed by atoms with E-state index in [1.807, 2.05) is 32.3 Å². The minimum Gasteiger partial charge on any atom is -0.392 e. The molecular formula is C36H38FN5O2S. The van der Waals surface area contributed by atoms with Crippen molar-refractivity contribution in [3.63, 3.8) is 0 Å². The standard InChI is InChI=1S/C28H29FN4O2S.C8H9N/c1-15(2)11-20-19(14-34)22(21-12-17-9-10-31-26(30-4)24(17)36-21)23-25(32-20)28(3,33-27(23)35)13-16-5-7-18(29)8-6-16;1-3-7-4-2-6-9-8(7)5-1/h5-10,12,15,34H,11,13-14H2,1-4H3,(H,30,31)(H,33,35);2,4,6H,1,3,5H2/t28-;/m0./s1. The van der Waals surface area contributed by atoms with Crippen LogP contribution in [0.2, 0.25) is 0 Å². The van der Waals surface area contributed by atoms with Crippen molar-refractivity contribution in [1.29, 1.82) is 0 Å². The van der Waals surface area contributed by atoms with Crippen molar-refractivity contribution in [3.8, 4) is 10.4 Å². The van der Waals surface area contributed by atoms with Gasteiger partial charge in [0.2, 0.25) is 0 Å². The SMILES string of the molecule is CNc1nccc2cc(-c3c(CO)c(CC(C)C)nc4c3C(=O)N[C@@]4(C)Cc3ccc(F)cc3)sc12.c1cnc2c(c1)CCC2. The lowest BCUT2D eigenvalue weighted by molar-refractivity contribution is 0.0935. The maximum Gasteiger partial charge on any atom is 0.254 e. The van der Waals surface area contributed by atoms with Gasteiger partial charge in [0.05, 0.1) is 28.1 Å². The molecule has 0 radical (unpaired) electrons. The Labute approximate surface area is 267 Å². The number of rotatable bonds is 7. The van der Waals surface area contributed by atoms with Gasteiger partial charge >= 0.3 is 0 Å². The molecule has 0 saturated carbocycles. The molecule has 1 aromatic carbocycles. The van der Waals surface area contributed by atoms with E-state index in [0.717, 1.165) is 37.6 Å². The zero-order valence-electron chi connectivity index (χ0n) is 26.1. The molecule has 1 aliphatic heterocycles. The Morgan fingerprint density at radius 2 is 1.89 bits per heavy atom. The van der Waals surface area contributed by atoms with E-state index in [0.29, 0.717) is 35.6 Å². The number of aliphatic hydroxyl groups is 1. The maximum atomic E-state index is 13.5. The van der Waals surface area contributed by atoms with Gasteiger partial charge in [-0.3, -0.25) is 14.8 Å². The van der Waals surface area contributed by atoms with Crippen LogP contribution in [0.15, 0.2) is 60.9 Å². The first kappa shape index (κ1) is 30.8. The van der Waals surface area contributed by atoms with Crippen LogP contribution < -0.4 is 10.6 Å². The van der Waals surface area contributed by atoms with Gasteiger partial charge in [-0.25, -0.2) is 9.37 Å². The predicted molar refractivity (Wildman–Crippen MR) is 178 cm³/mol. The number of aromatic nitrogens is 3. The highest BCUT2D eigenvalue weighted by molar-refractivity contribution is 7.22. The van der Waals surface area contributed by atoms with Crippen LogP contribution in [-0.4, -0.2) is 33.0 Å². The van der Waals surface area contributed by atoms with Crippen molar-refractivity contribution in [2.24, 2.45) is 5.92 Å². The molecule has 0 saturated heterocycles. The van der Waals surface area contributed by atoms with Crippen molar-refractivity contribution in [2.45, 2.75) is 65.0 Å². The number of aryl methyl sites for hydroxylation is 2. The Morgan fingerprint density at radius 1 is 1.09 bits per heavy atom. The lowest BCUT2D eigenvalue weighted by Crippen LogP contribution is -2.39. The van der Waals surface area contributed by atoms with E-state index in [1.165, 1.54) is 42.7 Å². The molecule has 9 heteroatoms. The highest BCUT2D eigenvalue weighted by Crippen LogP contribution is 2.45. The van der Waals surface area contributed by atoms with E-state index in [4.69, 9.17) is 4.98 Å². The van der Waals surface area contributed by atoms with Crippen LogP contribution in [0.4, 0.5) is 10.2 Å². The summed E-state index contributed by atoms with van der Waals surface area (Å²) in [5.74, 6) is 0.567. The fourth-order valence-electron chi connectivity index (χ4n) is 6.44. The molecule has 45 heavy (non-hydrogen) atoms. The smallest absolute Gasteiger partial charge is 0.254 e. The number of carbonyl (C=O) groups excluding carboxylic acids is 1. The topological polar surface area (TPSA) is 100 Å². The molecule has 1 atom stereocenters. The second-order valence-corrected chi connectivity index (χ2v) is 13.4. The Kier molecular flexibility index (Phi) is 8.66. The number of hydrogen-bond acceptors (Lipinski definition) is 7. The van der Waals surface area contributed by atoms with Crippen molar-refractivity contribution in [1.82, 2.24) is 20.3 Å². The number of carbonyl (C=O) groups is 1. The van der Waals surface area contributed by atoms with Gasteiger partial charge in [-0.05, 0) is 85.4 Å². The highest BCUT2D eigenvalue weighted by atomic mass is 32.1. The van der Waals surface area contributed by atoms with Crippen molar-refractivity contribution < 1.29 is 14.3 Å². The third kappa shape index (κ3) is 6.07. The summed E-state index contributed by atoms with van der Waals surface area (Å²) in [6.45, 7) is 5.97. The summed E-state index contributed by atoms with van der Waals surface area (Å²) in [6.07, 6.45) is 8.50. The van der Waals surface area contributed by atoms with Gasteiger partial charge in [0, 0.05) is 53.3 Å². The van der Waals surface area contributed by atoms with Crippen molar-refractivity contribution >= 4 is 33.1 Å². The van der Waals surface area contributed by atoms with Crippen molar-refractivity contribution in [2.75, 3.05) is 12.4 Å². The van der Waals surface area contributed by atoms with Crippen LogP contribution in [0, 0.1) is 11.7 Å². The van der Waals surface area contributed by atoms with Crippen LogP contribution in [-0.2, 0) is 37.8 Å². The van der Waals surface area contributed by atoms with Gasteiger partial charge in [-0.15, -0.1) is 11.3 Å². The molecule has 0 spiro atoms. The van der Waals surface area contributed by atoms with Crippen LogP contribution >= 0.6 is 11.3 Å². The average Bonchev–Trinajstić information content (AvgIpc) is 3.74. The first-order valence-corrected chi connectivity index (χ1v) is 16.3. The summed E-state index contributed by atoms with van der Waals surface area (Å²) >= 11 is 1.55. The number of anilines is 1. The van der Waals surface area contributed by atoms with Crippen LogP contribution in [0.25, 0.3) is 20.5 Å². The highest BCUT2D eigenvalue weighted by Gasteiger charge is 2.44. The molecule has 0 unspecified atom stereocenters. The Hall–Kier alpha value is -4.21. The molecule has 1 aliphatic carbocycles. The van der Waals surface area contributed by atoms with Crippen LogP contribution in [0.5, 0.6) is 0 Å². The normalized spacial score (nSPS) is 16.7. The summed E-state index contributed by atoms with van der Waals surface area (Å²) in [6, 6.07) is 14.5. The zero-order chi connectivity index (χ0) is 31.7. The number of aliphatic hydroxyl groups excluding tert-OH is 1. The van der Waals surface area contributed by atoms with Gasteiger partial charge in [0.1, 0.15) is 11.6 Å². The third-order valence-electron chi connectivity index (χ3n) is 8.51.